The lowest BCUT2D eigenvalue weighted by atomic mass is 10.0. The number of benzene rings is 1. The third kappa shape index (κ3) is 7.85. The average molecular weight is 399 g/mol. The van der Waals surface area contributed by atoms with Crippen LogP contribution < -0.4 is 16.4 Å². The highest BCUT2D eigenvalue weighted by molar-refractivity contribution is 7.98. The largest absolute Gasteiger partial charge is 0.508 e. The molecule has 0 aliphatic heterocycles. The molecule has 0 heterocycles. The van der Waals surface area contributed by atoms with E-state index in [1.807, 2.05) is 6.26 Å². The number of thioether (sulfide) groups is 1. The second-order valence-electron chi connectivity index (χ2n) is 5.90. The number of rotatable bonds is 11. The van der Waals surface area contributed by atoms with Crippen LogP contribution in [0.2, 0.25) is 0 Å². The molecule has 0 aliphatic carbocycles. The number of amides is 2. The van der Waals surface area contributed by atoms with E-state index in [1.54, 1.807) is 12.1 Å². The van der Waals surface area contributed by atoms with E-state index in [0.29, 0.717) is 5.75 Å². The topological polar surface area (TPSA) is 162 Å². The molecule has 0 bridgehead atoms. The van der Waals surface area contributed by atoms with Crippen molar-refractivity contribution in [2.45, 2.75) is 31.0 Å². The van der Waals surface area contributed by atoms with Gasteiger partial charge in [0.2, 0.25) is 11.8 Å². The molecule has 7 N–H and O–H groups in total. The quantitative estimate of drug-likeness (QED) is 0.278. The fourth-order valence-electron chi connectivity index (χ4n) is 2.22. The average Bonchev–Trinajstić information content (AvgIpc) is 2.64. The fraction of sp³-hybridized carbons (Fsp3) is 0.471. The van der Waals surface area contributed by atoms with Crippen molar-refractivity contribution >= 4 is 29.5 Å². The number of carboxylic acids is 1. The van der Waals surface area contributed by atoms with Crippen LogP contribution in [0.25, 0.3) is 0 Å². The Labute approximate surface area is 161 Å². The minimum absolute atomic E-state index is 0.0995. The number of aliphatic carboxylic acids is 1. The van der Waals surface area contributed by atoms with Gasteiger partial charge in [0.05, 0.1) is 12.6 Å². The van der Waals surface area contributed by atoms with Gasteiger partial charge in [-0.05, 0) is 42.5 Å². The number of hydrogen-bond acceptors (Lipinski definition) is 7. The Bertz CT molecular complexity index is 640. The Morgan fingerprint density at radius 3 is 2.22 bits per heavy atom. The van der Waals surface area contributed by atoms with E-state index in [-0.39, 0.29) is 18.6 Å². The molecular formula is C17H25N3O6S. The molecule has 3 atom stereocenters. The fourth-order valence-corrected chi connectivity index (χ4v) is 2.69. The number of carbonyl (C=O) groups is 3. The van der Waals surface area contributed by atoms with E-state index in [0.717, 1.165) is 5.56 Å². The molecule has 2 amide bonds. The number of aromatic hydroxyl groups is 1. The van der Waals surface area contributed by atoms with E-state index in [4.69, 9.17) is 15.9 Å². The summed E-state index contributed by atoms with van der Waals surface area (Å²) < 4.78 is 0. The van der Waals surface area contributed by atoms with Gasteiger partial charge in [-0.2, -0.15) is 11.8 Å². The first-order valence-electron chi connectivity index (χ1n) is 8.25. The van der Waals surface area contributed by atoms with Crippen molar-refractivity contribution in [3.05, 3.63) is 29.8 Å². The molecule has 0 saturated carbocycles. The molecule has 0 aromatic heterocycles. The molecule has 1 aromatic rings. The van der Waals surface area contributed by atoms with Crippen LogP contribution in [0.5, 0.6) is 5.75 Å². The summed E-state index contributed by atoms with van der Waals surface area (Å²) in [7, 11) is 0. The van der Waals surface area contributed by atoms with E-state index in [1.165, 1.54) is 23.9 Å². The maximum Gasteiger partial charge on any atom is 0.328 e. The zero-order valence-electron chi connectivity index (χ0n) is 14.9. The predicted octanol–water partition coefficient (Wildman–Crippen LogP) is -0.938. The molecule has 0 unspecified atom stereocenters. The van der Waals surface area contributed by atoms with Gasteiger partial charge in [-0.1, -0.05) is 12.1 Å². The Morgan fingerprint density at radius 2 is 1.70 bits per heavy atom. The Kier molecular flexibility index (Phi) is 9.62. The number of aliphatic hydroxyl groups excluding tert-OH is 1. The summed E-state index contributed by atoms with van der Waals surface area (Å²) in [5.41, 5.74) is 6.64. The number of aliphatic hydroxyl groups is 1. The number of carboxylic acid groups (broad SMARTS) is 1. The van der Waals surface area contributed by atoms with Crippen molar-refractivity contribution in [1.29, 1.82) is 0 Å². The second kappa shape index (κ2) is 11.4. The van der Waals surface area contributed by atoms with Crippen LogP contribution in [0.1, 0.15) is 12.0 Å². The maximum absolute atomic E-state index is 12.3. The van der Waals surface area contributed by atoms with Gasteiger partial charge in [0.15, 0.2) is 0 Å². The van der Waals surface area contributed by atoms with Crippen LogP contribution in [0, 0.1) is 0 Å². The normalized spacial score (nSPS) is 14.0. The van der Waals surface area contributed by atoms with Crippen LogP contribution >= 0.6 is 11.8 Å². The van der Waals surface area contributed by atoms with Gasteiger partial charge in [0, 0.05) is 0 Å². The summed E-state index contributed by atoms with van der Waals surface area (Å²) in [6.45, 7) is -0.759. The Balaban J connectivity index is 2.72. The molecular weight excluding hydrogens is 374 g/mol. The monoisotopic (exact) mass is 399 g/mol. The Morgan fingerprint density at radius 1 is 1.11 bits per heavy atom. The molecule has 10 heteroatoms. The SMILES string of the molecule is CSCC[C@H](NC(=O)[C@@H](N)Cc1ccc(O)cc1)C(=O)N[C@@H](CO)C(=O)O. The lowest BCUT2D eigenvalue weighted by molar-refractivity contribution is -0.143. The van der Waals surface area contributed by atoms with Crippen molar-refractivity contribution in [2.75, 3.05) is 18.6 Å². The van der Waals surface area contributed by atoms with Crippen LogP contribution in [0.15, 0.2) is 24.3 Å². The number of nitrogens with two attached hydrogens (primary N) is 1. The molecule has 0 aliphatic rings. The minimum atomic E-state index is -1.45. The standard InChI is InChI=1S/C17H25N3O6S/c1-27-7-6-13(16(24)20-14(9-21)17(25)26)19-15(23)12(18)8-10-2-4-11(22)5-3-10/h2-5,12-14,21-22H,6-9,18H2,1H3,(H,19,23)(H,20,24)(H,25,26)/t12-,13-,14-/m0/s1. The molecule has 27 heavy (non-hydrogen) atoms. The van der Waals surface area contributed by atoms with Gasteiger partial charge in [0.1, 0.15) is 17.8 Å². The van der Waals surface area contributed by atoms with Crippen LogP contribution in [0.4, 0.5) is 0 Å². The van der Waals surface area contributed by atoms with Crippen LogP contribution in [0.3, 0.4) is 0 Å². The van der Waals surface area contributed by atoms with Crippen LogP contribution in [-0.2, 0) is 20.8 Å². The molecule has 9 nitrogen and oxygen atoms in total. The smallest absolute Gasteiger partial charge is 0.328 e. The van der Waals surface area contributed by atoms with Gasteiger partial charge >= 0.3 is 5.97 Å². The number of phenolic OH excluding ortho intramolecular Hbond substituents is 1. The van der Waals surface area contributed by atoms with Crippen molar-refractivity contribution in [3.8, 4) is 5.75 Å². The highest BCUT2D eigenvalue weighted by Gasteiger charge is 2.27. The number of carbonyl (C=O) groups excluding carboxylic acids is 2. The Hall–Kier alpha value is -2.30. The van der Waals surface area contributed by atoms with E-state index in [9.17, 15) is 19.5 Å². The van der Waals surface area contributed by atoms with Gasteiger partial charge in [-0.3, -0.25) is 9.59 Å². The maximum atomic E-state index is 12.3. The summed E-state index contributed by atoms with van der Waals surface area (Å²) in [6, 6.07) is 2.90. The number of phenols is 1. The van der Waals surface area contributed by atoms with E-state index >= 15 is 0 Å². The summed E-state index contributed by atoms with van der Waals surface area (Å²) >= 11 is 1.47. The van der Waals surface area contributed by atoms with Crippen molar-refractivity contribution in [1.82, 2.24) is 10.6 Å². The molecule has 0 fully saturated rings. The van der Waals surface area contributed by atoms with E-state index in [2.05, 4.69) is 10.6 Å². The molecule has 150 valence electrons. The van der Waals surface area contributed by atoms with Gasteiger partial charge in [-0.15, -0.1) is 0 Å². The lowest BCUT2D eigenvalue weighted by Gasteiger charge is -2.22. The first kappa shape index (κ1) is 22.7. The first-order chi connectivity index (χ1) is 12.8. The van der Waals surface area contributed by atoms with Crippen LogP contribution in [-0.4, -0.2) is 69.8 Å². The number of hydrogen-bond donors (Lipinski definition) is 6. The first-order valence-corrected chi connectivity index (χ1v) is 9.64. The summed E-state index contributed by atoms with van der Waals surface area (Å²) in [6.07, 6.45) is 2.32. The van der Waals surface area contributed by atoms with Crippen molar-refractivity contribution in [3.63, 3.8) is 0 Å². The second-order valence-corrected chi connectivity index (χ2v) is 6.89. The highest BCUT2D eigenvalue weighted by Crippen LogP contribution is 2.11. The molecule has 1 aromatic carbocycles. The van der Waals surface area contributed by atoms with E-state index < -0.39 is 42.5 Å². The lowest BCUT2D eigenvalue weighted by Crippen LogP contribution is -2.55. The summed E-state index contributed by atoms with van der Waals surface area (Å²) in [5, 5.41) is 32.0. The zero-order valence-corrected chi connectivity index (χ0v) is 15.7. The van der Waals surface area contributed by atoms with Crippen molar-refractivity contribution < 1.29 is 29.7 Å². The zero-order chi connectivity index (χ0) is 20.4. The third-order valence-electron chi connectivity index (χ3n) is 3.77. The van der Waals surface area contributed by atoms with Crippen molar-refractivity contribution in [2.24, 2.45) is 5.73 Å². The van der Waals surface area contributed by atoms with Gasteiger partial charge in [0.25, 0.3) is 0 Å². The summed E-state index contributed by atoms with van der Waals surface area (Å²) in [5.74, 6) is -1.97. The molecule has 0 saturated heterocycles. The third-order valence-corrected chi connectivity index (χ3v) is 4.41. The molecule has 0 spiro atoms. The molecule has 1 rings (SSSR count). The predicted molar refractivity (Wildman–Crippen MR) is 101 cm³/mol. The highest BCUT2D eigenvalue weighted by atomic mass is 32.2. The summed E-state index contributed by atoms with van der Waals surface area (Å²) in [4.78, 5) is 35.6. The minimum Gasteiger partial charge on any atom is -0.508 e. The number of nitrogens with one attached hydrogen (secondary N) is 2. The van der Waals surface area contributed by atoms with Gasteiger partial charge < -0.3 is 31.7 Å². The van der Waals surface area contributed by atoms with Gasteiger partial charge in [-0.25, -0.2) is 4.79 Å². The molecule has 0 radical (unpaired) electrons.